The fourth-order valence-corrected chi connectivity index (χ4v) is 8.04. The van der Waals surface area contributed by atoms with Gasteiger partial charge in [-0.15, -0.1) is 0 Å². The lowest BCUT2D eigenvalue weighted by atomic mass is 9.98. The molecule has 0 bridgehead atoms. The van der Waals surface area contributed by atoms with Crippen molar-refractivity contribution in [1.82, 2.24) is 4.57 Å². The maximum absolute atomic E-state index is 2.46. The minimum absolute atomic E-state index is 1.09. The van der Waals surface area contributed by atoms with Crippen LogP contribution in [0.15, 0.2) is 218 Å². The van der Waals surface area contributed by atoms with Gasteiger partial charge in [-0.3, -0.25) is 0 Å². The highest BCUT2D eigenvalue weighted by Crippen LogP contribution is 2.44. The third-order valence-corrected chi connectivity index (χ3v) is 10.6. The van der Waals surface area contributed by atoms with Gasteiger partial charge in [0.25, 0.3) is 0 Å². The van der Waals surface area contributed by atoms with Crippen LogP contribution in [0.4, 0.5) is 17.1 Å². The number of para-hydroxylation sites is 3. The molecule has 10 aromatic rings. The standard InChI is InChI=1S/C52H36N2/c1-3-16-37(17-4-1)40-22-15-23-42(34-40)46-25-10-13-28-50(46)54-51-29-14-11-26-47(51)48-33-32-44(36-52(48)54)53(43-31-30-38-18-7-8-21-41(38)35-43)49-27-12-9-24-45(49)39-19-5-2-6-20-39/h1-36H. The molecule has 10 rings (SSSR count). The van der Waals surface area contributed by atoms with Crippen molar-refractivity contribution in [2.24, 2.45) is 0 Å². The zero-order chi connectivity index (χ0) is 35.8. The van der Waals surface area contributed by atoms with E-state index < -0.39 is 0 Å². The van der Waals surface area contributed by atoms with Crippen LogP contribution in [0.3, 0.4) is 0 Å². The summed E-state index contributed by atoms with van der Waals surface area (Å²) >= 11 is 0. The van der Waals surface area contributed by atoms with Crippen LogP contribution in [0.1, 0.15) is 0 Å². The summed E-state index contributed by atoms with van der Waals surface area (Å²) in [6.45, 7) is 0. The minimum atomic E-state index is 1.09. The average Bonchev–Trinajstić information content (AvgIpc) is 3.58. The Morgan fingerprint density at radius 3 is 1.76 bits per heavy atom. The molecule has 2 heteroatoms. The van der Waals surface area contributed by atoms with Crippen molar-refractivity contribution >= 4 is 49.6 Å². The van der Waals surface area contributed by atoms with Gasteiger partial charge in [-0.1, -0.05) is 170 Å². The molecule has 1 aromatic heterocycles. The maximum atomic E-state index is 2.46. The van der Waals surface area contributed by atoms with Crippen LogP contribution in [-0.2, 0) is 0 Å². The van der Waals surface area contributed by atoms with Crippen LogP contribution in [0.5, 0.6) is 0 Å². The van der Waals surface area contributed by atoms with Crippen molar-refractivity contribution in [3.05, 3.63) is 218 Å². The normalized spacial score (nSPS) is 11.3. The molecule has 0 amide bonds. The molecule has 0 saturated heterocycles. The summed E-state index contributed by atoms with van der Waals surface area (Å²) in [7, 11) is 0. The number of benzene rings is 9. The van der Waals surface area contributed by atoms with E-state index in [0.717, 1.165) is 28.3 Å². The van der Waals surface area contributed by atoms with E-state index in [1.54, 1.807) is 0 Å². The smallest absolute Gasteiger partial charge is 0.0562 e. The third-order valence-electron chi connectivity index (χ3n) is 10.6. The number of hydrogen-bond acceptors (Lipinski definition) is 1. The number of fused-ring (bicyclic) bond motifs is 4. The highest BCUT2D eigenvalue weighted by atomic mass is 15.1. The fourth-order valence-electron chi connectivity index (χ4n) is 8.04. The van der Waals surface area contributed by atoms with Crippen molar-refractivity contribution in [2.75, 3.05) is 4.90 Å². The van der Waals surface area contributed by atoms with Gasteiger partial charge in [0.15, 0.2) is 0 Å². The van der Waals surface area contributed by atoms with Crippen LogP contribution < -0.4 is 4.90 Å². The van der Waals surface area contributed by atoms with E-state index in [0.29, 0.717) is 0 Å². The summed E-state index contributed by atoms with van der Waals surface area (Å²) in [6.07, 6.45) is 0. The highest BCUT2D eigenvalue weighted by Gasteiger charge is 2.21. The Labute approximate surface area is 315 Å². The molecule has 0 aliphatic carbocycles. The number of aromatic nitrogens is 1. The average molecular weight is 689 g/mol. The molecule has 0 fully saturated rings. The summed E-state index contributed by atoms with van der Waals surface area (Å²) in [6, 6.07) is 79.0. The van der Waals surface area contributed by atoms with Gasteiger partial charge < -0.3 is 9.47 Å². The lowest BCUT2D eigenvalue weighted by Crippen LogP contribution is -2.11. The van der Waals surface area contributed by atoms with Gasteiger partial charge in [0.05, 0.1) is 22.4 Å². The van der Waals surface area contributed by atoms with Gasteiger partial charge in [-0.25, -0.2) is 0 Å². The summed E-state index contributed by atoms with van der Waals surface area (Å²) in [5, 5.41) is 4.88. The fraction of sp³-hybridized carbons (Fsp3) is 0. The molecular formula is C52H36N2. The zero-order valence-corrected chi connectivity index (χ0v) is 29.7. The molecule has 0 aliphatic rings. The number of anilines is 3. The van der Waals surface area contributed by atoms with E-state index in [-0.39, 0.29) is 0 Å². The van der Waals surface area contributed by atoms with Gasteiger partial charge in [-0.05, 0) is 81.6 Å². The number of hydrogen-bond donors (Lipinski definition) is 0. The first kappa shape index (κ1) is 31.6. The second kappa shape index (κ2) is 13.4. The molecule has 0 unspecified atom stereocenters. The van der Waals surface area contributed by atoms with E-state index in [9.17, 15) is 0 Å². The van der Waals surface area contributed by atoms with Crippen molar-refractivity contribution < 1.29 is 0 Å². The molecule has 0 saturated carbocycles. The van der Waals surface area contributed by atoms with Gasteiger partial charge >= 0.3 is 0 Å². The lowest BCUT2D eigenvalue weighted by Gasteiger charge is -2.28. The second-order valence-corrected chi connectivity index (χ2v) is 13.8. The Morgan fingerprint density at radius 1 is 0.315 bits per heavy atom. The van der Waals surface area contributed by atoms with Crippen molar-refractivity contribution in [3.63, 3.8) is 0 Å². The molecule has 0 spiro atoms. The SMILES string of the molecule is c1ccc(-c2cccc(-c3ccccc3-n3c4ccccc4c4ccc(N(c5ccc6ccccc6c5)c5ccccc5-c5ccccc5)cc43)c2)cc1. The van der Waals surface area contributed by atoms with Crippen molar-refractivity contribution in [3.8, 4) is 39.1 Å². The molecule has 0 aliphatic heterocycles. The first-order chi connectivity index (χ1) is 26.8. The molecule has 2 nitrogen and oxygen atoms in total. The molecule has 9 aromatic carbocycles. The summed E-state index contributed by atoms with van der Waals surface area (Å²) < 4.78 is 2.46. The first-order valence-corrected chi connectivity index (χ1v) is 18.5. The zero-order valence-electron chi connectivity index (χ0n) is 29.7. The minimum Gasteiger partial charge on any atom is -0.310 e. The molecule has 254 valence electrons. The summed E-state index contributed by atoms with van der Waals surface area (Å²) in [4.78, 5) is 2.42. The molecular weight excluding hydrogens is 653 g/mol. The topological polar surface area (TPSA) is 8.17 Å². The maximum Gasteiger partial charge on any atom is 0.0562 e. The molecule has 0 atom stereocenters. The van der Waals surface area contributed by atoms with Crippen LogP contribution in [0.25, 0.3) is 71.6 Å². The second-order valence-electron chi connectivity index (χ2n) is 13.8. The van der Waals surface area contributed by atoms with Gasteiger partial charge in [-0.2, -0.15) is 0 Å². The number of rotatable bonds is 7. The van der Waals surface area contributed by atoms with Crippen LogP contribution in [0.2, 0.25) is 0 Å². The van der Waals surface area contributed by atoms with Crippen molar-refractivity contribution in [2.45, 2.75) is 0 Å². The molecule has 0 radical (unpaired) electrons. The van der Waals surface area contributed by atoms with Gasteiger partial charge in [0.1, 0.15) is 0 Å². The summed E-state index contributed by atoms with van der Waals surface area (Å²) in [5.74, 6) is 0. The van der Waals surface area contributed by atoms with Gasteiger partial charge in [0, 0.05) is 33.3 Å². The van der Waals surface area contributed by atoms with E-state index in [1.807, 2.05) is 0 Å². The first-order valence-electron chi connectivity index (χ1n) is 18.5. The van der Waals surface area contributed by atoms with Crippen molar-refractivity contribution in [1.29, 1.82) is 0 Å². The van der Waals surface area contributed by atoms with Crippen LogP contribution in [-0.4, -0.2) is 4.57 Å². The quantitative estimate of drug-likeness (QED) is 0.162. The third kappa shape index (κ3) is 5.53. The lowest BCUT2D eigenvalue weighted by molar-refractivity contribution is 1.18. The predicted molar refractivity (Wildman–Crippen MR) is 229 cm³/mol. The molecule has 0 N–H and O–H groups in total. The largest absolute Gasteiger partial charge is 0.310 e. The van der Waals surface area contributed by atoms with Crippen LogP contribution >= 0.6 is 0 Å². The Balaban J connectivity index is 1.22. The van der Waals surface area contributed by atoms with Crippen LogP contribution in [0, 0.1) is 0 Å². The Morgan fingerprint density at radius 2 is 0.907 bits per heavy atom. The predicted octanol–water partition coefficient (Wildman–Crippen LogP) is 14.4. The number of nitrogens with zero attached hydrogens (tertiary/aromatic N) is 2. The Hall–Kier alpha value is -7.16. The Bertz CT molecular complexity index is 2940. The highest BCUT2D eigenvalue weighted by molar-refractivity contribution is 6.11. The van der Waals surface area contributed by atoms with E-state index >= 15 is 0 Å². The Kier molecular flexibility index (Phi) is 7.85. The van der Waals surface area contributed by atoms with Gasteiger partial charge in [0.2, 0.25) is 0 Å². The van der Waals surface area contributed by atoms with E-state index in [4.69, 9.17) is 0 Å². The molecule has 1 heterocycles. The molecule has 54 heavy (non-hydrogen) atoms. The monoisotopic (exact) mass is 688 g/mol. The summed E-state index contributed by atoms with van der Waals surface area (Å²) in [5.41, 5.74) is 13.9. The van der Waals surface area contributed by atoms with E-state index in [1.165, 1.54) is 60.4 Å². The van der Waals surface area contributed by atoms with E-state index in [2.05, 4.69) is 228 Å².